The lowest BCUT2D eigenvalue weighted by Gasteiger charge is -2.25. The Kier molecular flexibility index (Phi) is 9.14. The largest absolute Gasteiger partial charge is 0.497 e. The second kappa shape index (κ2) is 11.6. The Balaban J connectivity index is 1.80. The maximum Gasteiger partial charge on any atom is 0.118 e. The van der Waals surface area contributed by atoms with Crippen LogP contribution in [-0.2, 0) is 22.6 Å². The van der Waals surface area contributed by atoms with Crippen LogP contribution in [0, 0.1) is 0 Å². The zero-order chi connectivity index (χ0) is 18.6. The van der Waals surface area contributed by atoms with Gasteiger partial charge in [0.1, 0.15) is 5.75 Å². The zero-order valence-corrected chi connectivity index (χ0v) is 15.6. The van der Waals surface area contributed by atoms with Gasteiger partial charge in [0.05, 0.1) is 33.0 Å². The van der Waals surface area contributed by atoms with E-state index >= 15 is 0 Å². The van der Waals surface area contributed by atoms with Crippen molar-refractivity contribution in [2.75, 3.05) is 40.5 Å². The molecule has 0 aliphatic carbocycles. The van der Waals surface area contributed by atoms with Crippen LogP contribution in [0.5, 0.6) is 5.75 Å². The van der Waals surface area contributed by atoms with Gasteiger partial charge in [-0.1, -0.05) is 42.5 Å². The highest BCUT2D eigenvalue weighted by Gasteiger charge is 2.13. The van der Waals surface area contributed by atoms with Gasteiger partial charge in [-0.3, -0.25) is 4.90 Å². The average Bonchev–Trinajstić information content (AvgIpc) is 2.67. The summed E-state index contributed by atoms with van der Waals surface area (Å²) in [6.45, 7) is 3.45. The molecule has 5 nitrogen and oxygen atoms in total. The lowest BCUT2D eigenvalue weighted by molar-refractivity contribution is 0.00479. The van der Waals surface area contributed by atoms with Crippen LogP contribution in [0.15, 0.2) is 54.6 Å². The van der Waals surface area contributed by atoms with E-state index in [0.717, 1.165) is 24.4 Å². The first kappa shape index (κ1) is 20.4. The van der Waals surface area contributed by atoms with E-state index in [4.69, 9.17) is 14.2 Å². The van der Waals surface area contributed by atoms with Crippen molar-refractivity contribution in [2.45, 2.75) is 19.3 Å². The number of benzene rings is 2. The van der Waals surface area contributed by atoms with Crippen LogP contribution in [0.3, 0.4) is 0 Å². The Labute approximate surface area is 156 Å². The lowest BCUT2D eigenvalue weighted by Crippen LogP contribution is -2.36. The molecule has 26 heavy (non-hydrogen) atoms. The van der Waals surface area contributed by atoms with Gasteiger partial charge >= 0.3 is 0 Å². The zero-order valence-electron chi connectivity index (χ0n) is 15.6. The van der Waals surface area contributed by atoms with Crippen LogP contribution in [0.1, 0.15) is 11.1 Å². The molecule has 1 atom stereocenters. The summed E-state index contributed by atoms with van der Waals surface area (Å²) < 4.78 is 16.0. The molecule has 2 aromatic carbocycles. The number of rotatable bonds is 12. The Bertz CT molecular complexity index is 603. The molecule has 1 N–H and O–H groups in total. The summed E-state index contributed by atoms with van der Waals surface area (Å²) in [7, 11) is 3.34. The molecule has 0 fully saturated rings. The minimum Gasteiger partial charge on any atom is -0.497 e. The van der Waals surface area contributed by atoms with E-state index in [0.29, 0.717) is 26.4 Å². The molecule has 0 saturated heterocycles. The summed E-state index contributed by atoms with van der Waals surface area (Å²) in [4.78, 5) is 2.17. The van der Waals surface area contributed by atoms with Gasteiger partial charge in [-0.05, 0) is 23.3 Å². The molecule has 0 bridgehead atoms. The van der Waals surface area contributed by atoms with Gasteiger partial charge in [0.15, 0.2) is 0 Å². The normalized spacial score (nSPS) is 12.3. The molecule has 2 rings (SSSR count). The van der Waals surface area contributed by atoms with E-state index in [1.54, 1.807) is 14.2 Å². The van der Waals surface area contributed by atoms with Crippen molar-refractivity contribution in [3.8, 4) is 5.75 Å². The number of nitrogens with zero attached hydrogens (tertiary/aromatic N) is 1. The van der Waals surface area contributed by atoms with Gasteiger partial charge in [-0.25, -0.2) is 0 Å². The molecule has 5 heteroatoms. The molecule has 1 unspecified atom stereocenters. The summed E-state index contributed by atoms with van der Waals surface area (Å²) >= 11 is 0. The molecule has 0 amide bonds. The van der Waals surface area contributed by atoms with Crippen LogP contribution >= 0.6 is 0 Å². The Morgan fingerprint density at radius 3 is 2.35 bits per heavy atom. The maximum atomic E-state index is 10.3. The Morgan fingerprint density at radius 1 is 0.962 bits per heavy atom. The van der Waals surface area contributed by atoms with E-state index < -0.39 is 6.10 Å². The number of aliphatic hydroxyl groups excluding tert-OH is 1. The van der Waals surface area contributed by atoms with E-state index in [2.05, 4.69) is 4.90 Å². The molecule has 0 aliphatic heterocycles. The first-order valence-electron chi connectivity index (χ1n) is 8.85. The second-order valence-electron chi connectivity index (χ2n) is 6.23. The molecule has 0 saturated carbocycles. The molecule has 0 radical (unpaired) electrons. The molecule has 2 aromatic rings. The number of hydrogen-bond acceptors (Lipinski definition) is 5. The highest BCUT2D eigenvalue weighted by atomic mass is 16.5. The van der Waals surface area contributed by atoms with E-state index in [-0.39, 0.29) is 0 Å². The summed E-state index contributed by atoms with van der Waals surface area (Å²) in [5, 5.41) is 10.3. The molecular weight excluding hydrogens is 330 g/mol. The Morgan fingerprint density at radius 2 is 1.69 bits per heavy atom. The van der Waals surface area contributed by atoms with Crippen molar-refractivity contribution < 1.29 is 19.3 Å². The standard InChI is InChI=1S/C21H29NO4/c1-24-13-12-22(14-18-8-10-21(25-2)11-9-18)15-20(23)17-26-16-19-6-4-3-5-7-19/h3-11,20,23H,12-17H2,1-2H3. The monoisotopic (exact) mass is 359 g/mol. The molecule has 0 aromatic heterocycles. The topological polar surface area (TPSA) is 51.2 Å². The van der Waals surface area contributed by atoms with Crippen LogP contribution in [-0.4, -0.2) is 56.6 Å². The summed E-state index contributed by atoms with van der Waals surface area (Å²) in [5.74, 6) is 0.839. The first-order chi connectivity index (χ1) is 12.7. The fourth-order valence-corrected chi connectivity index (χ4v) is 2.68. The van der Waals surface area contributed by atoms with Gasteiger partial charge in [0.2, 0.25) is 0 Å². The second-order valence-corrected chi connectivity index (χ2v) is 6.23. The third-order valence-corrected chi connectivity index (χ3v) is 4.07. The minimum absolute atomic E-state index is 0.307. The van der Waals surface area contributed by atoms with E-state index in [1.807, 2.05) is 54.6 Å². The fourth-order valence-electron chi connectivity index (χ4n) is 2.68. The van der Waals surface area contributed by atoms with E-state index in [1.165, 1.54) is 5.56 Å². The third kappa shape index (κ3) is 7.54. The number of aliphatic hydroxyl groups is 1. The summed E-state index contributed by atoms with van der Waals surface area (Å²) in [6, 6.07) is 17.9. The van der Waals surface area contributed by atoms with Gasteiger partial charge < -0.3 is 19.3 Å². The molecular formula is C21H29NO4. The minimum atomic E-state index is -0.547. The molecule has 0 spiro atoms. The predicted octanol–water partition coefficient (Wildman–Crippen LogP) is 2.72. The van der Waals surface area contributed by atoms with Crippen LogP contribution < -0.4 is 4.74 Å². The van der Waals surface area contributed by atoms with Crippen molar-refractivity contribution in [3.05, 3.63) is 65.7 Å². The number of hydrogen-bond donors (Lipinski definition) is 1. The average molecular weight is 359 g/mol. The molecule has 142 valence electrons. The van der Waals surface area contributed by atoms with Crippen molar-refractivity contribution in [3.63, 3.8) is 0 Å². The van der Waals surface area contributed by atoms with Gasteiger partial charge in [0, 0.05) is 26.7 Å². The van der Waals surface area contributed by atoms with Crippen molar-refractivity contribution in [1.29, 1.82) is 0 Å². The van der Waals surface area contributed by atoms with Gasteiger partial charge in [-0.15, -0.1) is 0 Å². The smallest absolute Gasteiger partial charge is 0.118 e. The quantitative estimate of drug-likeness (QED) is 0.631. The van der Waals surface area contributed by atoms with Crippen molar-refractivity contribution in [2.24, 2.45) is 0 Å². The lowest BCUT2D eigenvalue weighted by atomic mass is 10.2. The maximum absolute atomic E-state index is 10.3. The van der Waals surface area contributed by atoms with Gasteiger partial charge in [0.25, 0.3) is 0 Å². The van der Waals surface area contributed by atoms with Crippen LogP contribution in [0.2, 0.25) is 0 Å². The van der Waals surface area contributed by atoms with Crippen molar-refractivity contribution in [1.82, 2.24) is 4.90 Å². The summed E-state index contributed by atoms with van der Waals surface area (Å²) in [5.41, 5.74) is 2.27. The van der Waals surface area contributed by atoms with Crippen molar-refractivity contribution >= 4 is 0 Å². The molecule has 0 aliphatic rings. The molecule has 0 heterocycles. The SMILES string of the molecule is COCCN(Cc1ccc(OC)cc1)CC(O)COCc1ccccc1. The number of ether oxygens (including phenoxy) is 3. The predicted molar refractivity (Wildman–Crippen MR) is 102 cm³/mol. The first-order valence-corrected chi connectivity index (χ1v) is 8.85. The van der Waals surface area contributed by atoms with E-state index in [9.17, 15) is 5.11 Å². The van der Waals surface area contributed by atoms with Crippen LogP contribution in [0.25, 0.3) is 0 Å². The highest BCUT2D eigenvalue weighted by molar-refractivity contribution is 5.27. The number of methoxy groups -OCH3 is 2. The Hall–Kier alpha value is -1.92. The highest BCUT2D eigenvalue weighted by Crippen LogP contribution is 2.13. The fraction of sp³-hybridized carbons (Fsp3) is 0.429. The van der Waals surface area contributed by atoms with Crippen LogP contribution in [0.4, 0.5) is 0 Å². The summed E-state index contributed by atoms with van der Waals surface area (Å²) in [6.07, 6.45) is -0.547. The third-order valence-electron chi connectivity index (χ3n) is 4.07. The van der Waals surface area contributed by atoms with Gasteiger partial charge in [-0.2, -0.15) is 0 Å².